The largest absolute Gasteiger partial charge is 0.214 e. The minimum absolute atomic E-state index is 0.0926. The topological polar surface area (TPSA) is 23.8 Å². The number of thiophene rings is 1. The number of nitriles is 1. The average molecular weight is 153 g/mol. The van der Waals surface area contributed by atoms with Crippen molar-refractivity contribution in [2.24, 2.45) is 0 Å². The molecule has 0 aliphatic heterocycles. The van der Waals surface area contributed by atoms with Crippen LogP contribution in [-0.2, 0) is 0 Å². The molecule has 3 heteroatoms. The van der Waals surface area contributed by atoms with E-state index in [1.807, 2.05) is 0 Å². The number of hydrogen-bond acceptors (Lipinski definition) is 2. The summed E-state index contributed by atoms with van der Waals surface area (Å²) in [5.41, 5.74) is 0.0926. The first kappa shape index (κ1) is 6.97. The van der Waals surface area contributed by atoms with Crippen LogP contribution in [0, 0.1) is 11.3 Å². The number of allylic oxidation sites excluding steroid dienone is 1. The van der Waals surface area contributed by atoms with Gasteiger partial charge in [0.05, 0.1) is 5.57 Å². The van der Waals surface area contributed by atoms with Crippen LogP contribution in [0.3, 0.4) is 0 Å². The molecule has 1 heterocycles. The van der Waals surface area contributed by atoms with Gasteiger partial charge >= 0.3 is 0 Å². The molecule has 0 aliphatic rings. The molecule has 0 spiro atoms. The van der Waals surface area contributed by atoms with Crippen molar-refractivity contribution >= 4 is 16.9 Å². The highest BCUT2D eigenvalue weighted by Crippen LogP contribution is 2.18. The van der Waals surface area contributed by atoms with E-state index in [1.165, 1.54) is 11.3 Å². The molecule has 0 amide bonds. The summed E-state index contributed by atoms with van der Waals surface area (Å²) in [4.78, 5) is 0.671. The maximum atomic E-state index is 11.8. The van der Waals surface area contributed by atoms with Crippen LogP contribution in [0.15, 0.2) is 23.8 Å². The summed E-state index contributed by atoms with van der Waals surface area (Å²) in [5.74, 6) is 0. The highest BCUT2D eigenvalue weighted by atomic mass is 32.1. The molecular weight excluding hydrogens is 149 g/mol. The van der Waals surface area contributed by atoms with Gasteiger partial charge in [-0.25, -0.2) is 4.39 Å². The number of nitrogens with zero attached hydrogens (tertiary/aromatic N) is 1. The lowest BCUT2D eigenvalue weighted by Crippen LogP contribution is -1.69. The fourth-order valence-corrected chi connectivity index (χ4v) is 1.24. The van der Waals surface area contributed by atoms with Crippen LogP contribution in [0.1, 0.15) is 4.88 Å². The molecular formula is C7H4FNS. The summed E-state index contributed by atoms with van der Waals surface area (Å²) in [5, 5.41) is 10.1. The number of halogens is 1. The van der Waals surface area contributed by atoms with E-state index in [-0.39, 0.29) is 5.57 Å². The van der Waals surface area contributed by atoms with Gasteiger partial charge in [0.1, 0.15) is 12.4 Å². The Labute approximate surface area is 62.0 Å². The van der Waals surface area contributed by atoms with Gasteiger partial charge in [-0.3, -0.25) is 0 Å². The molecule has 0 aromatic carbocycles. The lowest BCUT2D eigenvalue weighted by atomic mass is 10.3. The van der Waals surface area contributed by atoms with E-state index < -0.39 is 0 Å². The summed E-state index contributed by atoms with van der Waals surface area (Å²) in [6.07, 6.45) is 0.325. The van der Waals surface area contributed by atoms with E-state index in [0.29, 0.717) is 11.2 Å². The zero-order valence-corrected chi connectivity index (χ0v) is 5.86. The Kier molecular flexibility index (Phi) is 2.19. The van der Waals surface area contributed by atoms with Gasteiger partial charge in [-0.15, -0.1) is 11.3 Å². The zero-order chi connectivity index (χ0) is 7.40. The van der Waals surface area contributed by atoms with Crippen molar-refractivity contribution in [1.82, 2.24) is 0 Å². The van der Waals surface area contributed by atoms with E-state index in [4.69, 9.17) is 5.26 Å². The van der Waals surface area contributed by atoms with Crippen molar-refractivity contribution < 1.29 is 4.39 Å². The quantitative estimate of drug-likeness (QED) is 0.569. The van der Waals surface area contributed by atoms with E-state index in [2.05, 4.69) is 0 Å². The fourth-order valence-electron chi connectivity index (χ4n) is 0.565. The third-order valence-corrected chi connectivity index (χ3v) is 1.92. The van der Waals surface area contributed by atoms with Crippen molar-refractivity contribution in [2.75, 3.05) is 0 Å². The summed E-state index contributed by atoms with van der Waals surface area (Å²) >= 11 is 1.35. The molecule has 1 nitrogen and oxygen atoms in total. The standard InChI is InChI=1S/C7H4FNS/c8-4-6(5-9)7-2-1-3-10-7/h1-4H/b6-4+. The molecule has 0 N–H and O–H groups in total. The van der Waals surface area contributed by atoms with Gasteiger partial charge < -0.3 is 0 Å². The van der Waals surface area contributed by atoms with Gasteiger partial charge in [-0.05, 0) is 11.4 Å². The predicted molar refractivity (Wildman–Crippen MR) is 39.0 cm³/mol. The van der Waals surface area contributed by atoms with Crippen molar-refractivity contribution in [2.45, 2.75) is 0 Å². The normalized spacial score (nSPS) is 11.0. The average Bonchev–Trinajstić information content (AvgIpc) is 2.43. The first-order chi connectivity index (χ1) is 4.88. The van der Waals surface area contributed by atoms with Crippen LogP contribution >= 0.6 is 11.3 Å². The molecule has 0 unspecified atom stereocenters. The second kappa shape index (κ2) is 3.14. The summed E-state index contributed by atoms with van der Waals surface area (Å²) in [7, 11) is 0. The Balaban J connectivity index is 2.99. The summed E-state index contributed by atoms with van der Waals surface area (Å²) in [6, 6.07) is 5.24. The molecule has 1 aromatic heterocycles. The second-order valence-corrected chi connectivity index (χ2v) is 2.56. The lowest BCUT2D eigenvalue weighted by molar-refractivity contribution is 0.725. The molecule has 1 aromatic rings. The zero-order valence-electron chi connectivity index (χ0n) is 5.04. The highest BCUT2D eigenvalue weighted by Gasteiger charge is 1.99. The van der Waals surface area contributed by atoms with Gasteiger partial charge in [-0.2, -0.15) is 5.26 Å². The molecule has 10 heavy (non-hydrogen) atoms. The maximum absolute atomic E-state index is 11.8. The van der Waals surface area contributed by atoms with Crippen LogP contribution < -0.4 is 0 Å². The van der Waals surface area contributed by atoms with Crippen LogP contribution in [0.4, 0.5) is 4.39 Å². The Morgan fingerprint density at radius 3 is 3.00 bits per heavy atom. The predicted octanol–water partition coefficient (Wildman–Crippen LogP) is 2.58. The van der Waals surface area contributed by atoms with Gasteiger partial charge in [-0.1, -0.05) is 6.07 Å². The molecule has 0 atom stereocenters. The first-order valence-corrected chi connectivity index (χ1v) is 3.51. The Hall–Kier alpha value is -1.14. The van der Waals surface area contributed by atoms with E-state index in [9.17, 15) is 4.39 Å². The third-order valence-electron chi connectivity index (χ3n) is 1.02. The summed E-state index contributed by atoms with van der Waals surface area (Å²) < 4.78 is 11.8. The van der Waals surface area contributed by atoms with Crippen LogP contribution in [-0.4, -0.2) is 0 Å². The number of hydrogen-bond donors (Lipinski definition) is 0. The van der Waals surface area contributed by atoms with Gasteiger partial charge in [0.25, 0.3) is 0 Å². The van der Waals surface area contributed by atoms with Crippen LogP contribution in [0.5, 0.6) is 0 Å². The van der Waals surface area contributed by atoms with E-state index >= 15 is 0 Å². The minimum Gasteiger partial charge on any atom is -0.214 e. The van der Waals surface area contributed by atoms with Crippen LogP contribution in [0.2, 0.25) is 0 Å². The van der Waals surface area contributed by atoms with Crippen molar-refractivity contribution in [3.63, 3.8) is 0 Å². The smallest absolute Gasteiger partial charge is 0.106 e. The molecule has 0 saturated carbocycles. The molecule has 0 bridgehead atoms. The highest BCUT2D eigenvalue weighted by molar-refractivity contribution is 7.11. The van der Waals surface area contributed by atoms with Crippen molar-refractivity contribution in [1.29, 1.82) is 5.26 Å². The Morgan fingerprint density at radius 1 is 1.80 bits per heavy atom. The van der Waals surface area contributed by atoms with Crippen molar-refractivity contribution in [3.05, 3.63) is 28.7 Å². The van der Waals surface area contributed by atoms with Crippen molar-refractivity contribution in [3.8, 4) is 6.07 Å². The van der Waals surface area contributed by atoms with Gasteiger partial charge in [0, 0.05) is 4.88 Å². The van der Waals surface area contributed by atoms with Crippen LogP contribution in [0.25, 0.3) is 5.57 Å². The number of rotatable bonds is 1. The van der Waals surface area contributed by atoms with E-state index in [0.717, 1.165) is 0 Å². The SMILES string of the molecule is N#C/C(=C\F)c1cccs1. The maximum Gasteiger partial charge on any atom is 0.106 e. The van der Waals surface area contributed by atoms with E-state index in [1.54, 1.807) is 23.6 Å². The molecule has 0 saturated heterocycles. The monoisotopic (exact) mass is 153 g/mol. The van der Waals surface area contributed by atoms with Gasteiger partial charge in [0.2, 0.25) is 0 Å². The lowest BCUT2D eigenvalue weighted by Gasteiger charge is -1.84. The Bertz CT molecular complexity index is 268. The third kappa shape index (κ3) is 1.23. The summed E-state index contributed by atoms with van der Waals surface area (Å²) in [6.45, 7) is 0. The van der Waals surface area contributed by atoms with Gasteiger partial charge in [0.15, 0.2) is 0 Å². The fraction of sp³-hybridized carbons (Fsp3) is 0. The molecule has 1 rings (SSSR count). The molecule has 0 fully saturated rings. The Morgan fingerprint density at radius 2 is 2.60 bits per heavy atom. The second-order valence-electron chi connectivity index (χ2n) is 1.61. The minimum atomic E-state index is 0.0926. The first-order valence-electron chi connectivity index (χ1n) is 2.63. The molecule has 0 aliphatic carbocycles. The molecule has 50 valence electrons. The molecule has 0 radical (unpaired) electrons.